The zero-order chi connectivity index (χ0) is 12.4. The SMILES string of the molecule is CCNC(=O)CNCC(O)COCC(C)C. The molecule has 0 aliphatic heterocycles. The summed E-state index contributed by atoms with van der Waals surface area (Å²) in [6, 6.07) is 0. The van der Waals surface area contributed by atoms with E-state index >= 15 is 0 Å². The quantitative estimate of drug-likeness (QED) is 0.512. The molecule has 3 N–H and O–H groups in total. The number of hydrogen-bond donors (Lipinski definition) is 3. The van der Waals surface area contributed by atoms with Crippen LogP contribution >= 0.6 is 0 Å². The first-order valence-corrected chi connectivity index (χ1v) is 5.79. The van der Waals surface area contributed by atoms with Crippen molar-refractivity contribution in [3.8, 4) is 0 Å². The first-order chi connectivity index (χ1) is 7.56. The van der Waals surface area contributed by atoms with Crippen LogP contribution in [0.3, 0.4) is 0 Å². The van der Waals surface area contributed by atoms with Crippen molar-refractivity contribution in [3.05, 3.63) is 0 Å². The number of carbonyl (C=O) groups is 1. The van der Waals surface area contributed by atoms with Crippen LogP contribution in [0.2, 0.25) is 0 Å². The molecule has 0 saturated carbocycles. The summed E-state index contributed by atoms with van der Waals surface area (Å²) in [5, 5.41) is 15.0. The molecular weight excluding hydrogens is 208 g/mol. The third kappa shape index (κ3) is 9.89. The minimum absolute atomic E-state index is 0.0576. The highest BCUT2D eigenvalue weighted by molar-refractivity contribution is 5.77. The van der Waals surface area contributed by atoms with Gasteiger partial charge < -0.3 is 20.5 Å². The van der Waals surface area contributed by atoms with E-state index in [0.717, 1.165) is 0 Å². The molecule has 1 unspecified atom stereocenters. The minimum Gasteiger partial charge on any atom is -0.389 e. The first kappa shape index (κ1) is 15.3. The van der Waals surface area contributed by atoms with Crippen molar-refractivity contribution in [1.29, 1.82) is 0 Å². The van der Waals surface area contributed by atoms with Gasteiger partial charge in [-0.1, -0.05) is 13.8 Å². The second-order valence-electron chi connectivity index (χ2n) is 4.17. The summed E-state index contributed by atoms with van der Waals surface area (Å²) in [4.78, 5) is 11.0. The van der Waals surface area contributed by atoms with Gasteiger partial charge in [-0.15, -0.1) is 0 Å². The van der Waals surface area contributed by atoms with Crippen molar-refractivity contribution in [2.45, 2.75) is 26.9 Å². The minimum atomic E-state index is -0.562. The normalized spacial score (nSPS) is 12.8. The van der Waals surface area contributed by atoms with E-state index in [1.165, 1.54) is 0 Å². The van der Waals surface area contributed by atoms with E-state index < -0.39 is 6.10 Å². The lowest BCUT2D eigenvalue weighted by molar-refractivity contribution is -0.120. The number of rotatable bonds is 9. The van der Waals surface area contributed by atoms with Crippen LogP contribution in [0.4, 0.5) is 0 Å². The third-order valence-corrected chi connectivity index (χ3v) is 1.80. The highest BCUT2D eigenvalue weighted by Crippen LogP contribution is 1.93. The molecule has 5 nitrogen and oxygen atoms in total. The fraction of sp³-hybridized carbons (Fsp3) is 0.909. The summed E-state index contributed by atoms with van der Waals surface area (Å²) in [6.45, 7) is 8.16. The predicted octanol–water partition coefficient (Wildman–Crippen LogP) is -0.254. The summed E-state index contributed by atoms with van der Waals surface area (Å²) in [5.74, 6) is 0.410. The molecule has 1 amide bonds. The van der Waals surface area contributed by atoms with Crippen molar-refractivity contribution in [2.75, 3.05) is 32.8 Å². The van der Waals surface area contributed by atoms with Gasteiger partial charge in [-0.3, -0.25) is 4.79 Å². The zero-order valence-corrected chi connectivity index (χ0v) is 10.5. The van der Waals surface area contributed by atoms with E-state index in [4.69, 9.17) is 4.74 Å². The highest BCUT2D eigenvalue weighted by atomic mass is 16.5. The second kappa shape index (κ2) is 9.57. The number of nitrogens with one attached hydrogen (secondary N) is 2. The number of likely N-dealkylation sites (N-methyl/N-ethyl adjacent to an activating group) is 1. The zero-order valence-electron chi connectivity index (χ0n) is 10.5. The van der Waals surface area contributed by atoms with Crippen molar-refractivity contribution < 1.29 is 14.6 Å². The van der Waals surface area contributed by atoms with Crippen molar-refractivity contribution in [2.24, 2.45) is 5.92 Å². The number of ether oxygens (including phenoxy) is 1. The lowest BCUT2D eigenvalue weighted by Crippen LogP contribution is -2.38. The Morgan fingerprint density at radius 3 is 2.62 bits per heavy atom. The van der Waals surface area contributed by atoms with Crippen molar-refractivity contribution >= 4 is 5.91 Å². The molecule has 0 radical (unpaired) electrons. The Balaban J connectivity index is 3.36. The lowest BCUT2D eigenvalue weighted by atomic mass is 10.2. The molecule has 0 rings (SSSR count). The van der Waals surface area contributed by atoms with Crippen molar-refractivity contribution in [1.82, 2.24) is 10.6 Å². The summed E-state index contributed by atoms with van der Waals surface area (Å²) in [6.07, 6.45) is -0.562. The second-order valence-corrected chi connectivity index (χ2v) is 4.17. The lowest BCUT2D eigenvalue weighted by Gasteiger charge is -2.13. The van der Waals surface area contributed by atoms with Gasteiger partial charge in [0.25, 0.3) is 0 Å². The Labute approximate surface area is 97.6 Å². The Bertz CT molecular complexity index is 186. The van der Waals surface area contributed by atoms with Crippen LogP contribution in [0.25, 0.3) is 0 Å². The molecule has 0 aliphatic carbocycles. The van der Waals surface area contributed by atoms with Gasteiger partial charge in [0, 0.05) is 19.7 Å². The van der Waals surface area contributed by atoms with Crippen LogP contribution in [0.15, 0.2) is 0 Å². The van der Waals surface area contributed by atoms with E-state index in [1.54, 1.807) is 0 Å². The topological polar surface area (TPSA) is 70.6 Å². The fourth-order valence-corrected chi connectivity index (χ4v) is 1.11. The van der Waals surface area contributed by atoms with Crippen LogP contribution in [0.5, 0.6) is 0 Å². The molecule has 0 saturated heterocycles. The van der Waals surface area contributed by atoms with Gasteiger partial charge in [-0.05, 0) is 12.8 Å². The van der Waals surface area contributed by atoms with Gasteiger partial charge in [0.1, 0.15) is 0 Å². The molecule has 0 bridgehead atoms. The summed E-state index contributed by atoms with van der Waals surface area (Å²) in [5.41, 5.74) is 0. The Morgan fingerprint density at radius 2 is 2.06 bits per heavy atom. The number of aliphatic hydroxyl groups excluding tert-OH is 1. The molecule has 0 fully saturated rings. The molecule has 0 spiro atoms. The molecule has 0 aliphatic rings. The molecular formula is C11H24N2O3. The van der Waals surface area contributed by atoms with Gasteiger partial charge in [0.05, 0.1) is 19.3 Å². The Kier molecular flexibility index (Phi) is 9.18. The van der Waals surface area contributed by atoms with E-state index in [2.05, 4.69) is 24.5 Å². The Morgan fingerprint density at radius 1 is 1.38 bits per heavy atom. The maximum Gasteiger partial charge on any atom is 0.233 e. The van der Waals surface area contributed by atoms with Crippen LogP contribution in [0, 0.1) is 5.92 Å². The van der Waals surface area contributed by atoms with E-state index in [0.29, 0.717) is 32.2 Å². The van der Waals surface area contributed by atoms with E-state index in [-0.39, 0.29) is 12.5 Å². The van der Waals surface area contributed by atoms with Crippen LogP contribution in [-0.2, 0) is 9.53 Å². The first-order valence-electron chi connectivity index (χ1n) is 5.79. The maximum absolute atomic E-state index is 11.0. The highest BCUT2D eigenvalue weighted by Gasteiger charge is 2.05. The van der Waals surface area contributed by atoms with Crippen LogP contribution in [0.1, 0.15) is 20.8 Å². The molecule has 96 valence electrons. The van der Waals surface area contributed by atoms with Crippen molar-refractivity contribution in [3.63, 3.8) is 0 Å². The number of carbonyl (C=O) groups excluding carboxylic acids is 1. The van der Waals surface area contributed by atoms with Gasteiger partial charge in [0.2, 0.25) is 5.91 Å². The molecule has 0 aromatic heterocycles. The summed E-state index contributed by atoms with van der Waals surface area (Å²) < 4.78 is 5.27. The molecule has 0 aromatic carbocycles. The van der Waals surface area contributed by atoms with Gasteiger partial charge in [-0.25, -0.2) is 0 Å². The van der Waals surface area contributed by atoms with E-state index in [9.17, 15) is 9.90 Å². The number of hydrogen-bond acceptors (Lipinski definition) is 4. The Hall–Kier alpha value is -0.650. The molecule has 0 aromatic rings. The van der Waals surface area contributed by atoms with Gasteiger partial charge >= 0.3 is 0 Å². The molecule has 1 atom stereocenters. The van der Waals surface area contributed by atoms with Gasteiger partial charge in [-0.2, -0.15) is 0 Å². The number of aliphatic hydroxyl groups is 1. The summed E-state index contributed by atoms with van der Waals surface area (Å²) in [7, 11) is 0. The third-order valence-electron chi connectivity index (χ3n) is 1.80. The average molecular weight is 232 g/mol. The predicted molar refractivity (Wildman–Crippen MR) is 63.2 cm³/mol. The maximum atomic E-state index is 11.0. The fourth-order valence-electron chi connectivity index (χ4n) is 1.11. The van der Waals surface area contributed by atoms with Gasteiger partial charge in [0.15, 0.2) is 0 Å². The average Bonchev–Trinajstić information content (AvgIpc) is 2.17. The van der Waals surface area contributed by atoms with E-state index in [1.807, 2.05) is 6.92 Å². The monoisotopic (exact) mass is 232 g/mol. The smallest absolute Gasteiger partial charge is 0.233 e. The molecule has 0 heterocycles. The number of amides is 1. The molecule has 5 heteroatoms. The summed E-state index contributed by atoms with van der Waals surface area (Å²) >= 11 is 0. The van der Waals surface area contributed by atoms with Crippen LogP contribution < -0.4 is 10.6 Å². The standard InChI is InChI=1S/C11H24N2O3/c1-4-13-11(15)6-12-5-10(14)8-16-7-9(2)3/h9-10,12,14H,4-8H2,1-3H3,(H,13,15). The van der Waals surface area contributed by atoms with Crippen LogP contribution in [-0.4, -0.2) is 50.0 Å². The molecule has 16 heavy (non-hydrogen) atoms. The largest absolute Gasteiger partial charge is 0.389 e.